The number of carbonyl (C=O) groups excluding carboxylic acids is 1. The Bertz CT molecular complexity index is 2290. The number of phenolic OH excluding ortho intramolecular Hbond substituents is 2. The molecule has 274 valence electrons. The molecule has 12 heteroatoms. The van der Waals surface area contributed by atoms with Crippen molar-refractivity contribution in [2.24, 2.45) is 0 Å². The number of fused-ring (bicyclic) bond motifs is 2. The summed E-state index contributed by atoms with van der Waals surface area (Å²) in [7, 11) is 0. The number of nitrogens with one attached hydrogen (secondary N) is 1. The maximum Gasteiger partial charge on any atom is 0.341 e. The van der Waals surface area contributed by atoms with E-state index in [1.165, 1.54) is 74.3 Å². The first-order valence-electron chi connectivity index (χ1n) is 17.1. The van der Waals surface area contributed by atoms with E-state index in [-0.39, 0.29) is 34.9 Å². The molecule has 12 nitrogen and oxygen atoms in total. The number of benzene rings is 4. The van der Waals surface area contributed by atoms with Crippen molar-refractivity contribution >= 4 is 33.8 Å². The number of ether oxygens (including phenoxy) is 2. The molecule has 0 fully saturated rings. The van der Waals surface area contributed by atoms with Crippen molar-refractivity contribution < 1.29 is 43.2 Å². The molecular formula is C41H39NO11. The van der Waals surface area contributed by atoms with Gasteiger partial charge < -0.3 is 38.9 Å². The maximum atomic E-state index is 12.8. The molecule has 6 aromatic rings. The van der Waals surface area contributed by atoms with Gasteiger partial charge >= 0.3 is 5.97 Å². The fraction of sp³-hybridized carbons (Fsp3) is 0.220. The van der Waals surface area contributed by atoms with Crippen LogP contribution in [0.25, 0.3) is 44.2 Å². The molecule has 6 rings (SSSR count). The summed E-state index contributed by atoms with van der Waals surface area (Å²) in [6, 6.07) is 22.0. The molecule has 0 radical (unpaired) electrons. The number of unbranched alkanes of at least 4 members (excludes halogenated alkanes) is 4. The lowest BCUT2D eigenvalue weighted by Gasteiger charge is -2.08. The quantitative estimate of drug-likeness (QED) is 0.0830. The topological polar surface area (TPSA) is 186 Å². The van der Waals surface area contributed by atoms with Crippen LogP contribution in [0.4, 0.5) is 0 Å². The third-order valence-electron chi connectivity index (χ3n) is 8.18. The molecule has 0 aliphatic carbocycles. The van der Waals surface area contributed by atoms with Crippen LogP contribution in [-0.2, 0) is 9.59 Å². The maximum absolute atomic E-state index is 12.8. The molecule has 2 aromatic heterocycles. The smallest absolute Gasteiger partial charge is 0.341 e. The van der Waals surface area contributed by atoms with Gasteiger partial charge in [0.05, 0.1) is 21.9 Å². The van der Waals surface area contributed by atoms with Gasteiger partial charge in [-0.1, -0.05) is 56.9 Å². The molecule has 0 atom stereocenters. The number of rotatable bonds is 14. The summed E-state index contributed by atoms with van der Waals surface area (Å²) < 4.78 is 21.7. The third kappa shape index (κ3) is 10.3. The second-order valence-electron chi connectivity index (χ2n) is 12.1. The van der Waals surface area contributed by atoms with Crippen molar-refractivity contribution in [1.82, 2.24) is 5.32 Å². The molecule has 0 spiro atoms. The average Bonchev–Trinajstić information content (AvgIpc) is 3.16. The van der Waals surface area contributed by atoms with E-state index in [0.717, 1.165) is 12.8 Å². The highest BCUT2D eigenvalue weighted by Crippen LogP contribution is 2.26. The molecule has 2 heterocycles. The minimum absolute atomic E-state index is 0.0870. The summed E-state index contributed by atoms with van der Waals surface area (Å²) in [5, 5.41) is 30.9. The summed E-state index contributed by atoms with van der Waals surface area (Å²) >= 11 is 0. The molecule has 0 aliphatic heterocycles. The highest BCUT2D eigenvalue weighted by atomic mass is 16.5. The Balaban J connectivity index is 0.000000211. The Morgan fingerprint density at radius 1 is 0.642 bits per heavy atom. The first kappa shape index (κ1) is 37.7. The van der Waals surface area contributed by atoms with Gasteiger partial charge in [0.2, 0.25) is 0 Å². The molecule has 53 heavy (non-hydrogen) atoms. The molecule has 4 aromatic carbocycles. The SMILES string of the molecule is CCCCCCCNC(=O)COc1ccc2c(=O)c(-c3ccc(O)cc3)coc2c1.O=C(O)COc1ccc2c(=O)c(-c3ccc(O)cc3)coc2c1. The lowest BCUT2D eigenvalue weighted by atomic mass is 10.1. The van der Waals surface area contributed by atoms with E-state index in [1.54, 1.807) is 42.5 Å². The van der Waals surface area contributed by atoms with Crippen molar-refractivity contribution in [1.29, 1.82) is 0 Å². The number of carbonyl (C=O) groups is 2. The van der Waals surface area contributed by atoms with Crippen LogP contribution in [0, 0.1) is 0 Å². The van der Waals surface area contributed by atoms with Gasteiger partial charge in [-0.25, -0.2) is 4.79 Å². The second-order valence-corrected chi connectivity index (χ2v) is 12.1. The number of hydrogen-bond donors (Lipinski definition) is 4. The highest BCUT2D eigenvalue weighted by Gasteiger charge is 2.12. The minimum atomic E-state index is -1.09. The second kappa shape index (κ2) is 18.1. The predicted molar refractivity (Wildman–Crippen MR) is 200 cm³/mol. The Kier molecular flexibility index (Phi) is 12.9. The van der Waals surface area contributed by atoms with E-state index in [1.807, 2.05) is 0 Å². The van der Waals surface area contributed by atoms with Crippen LogP contribution in [0.15, 0.2) is 116 Å². The number of hydrogen-bond acceptors (Lipinski definition) is 10. The number of carboxylic acid groups (broad SMARTS) is 1. The van der Waals surface area contributed by atoms with Gasteiger partial charge in [0.1, 0.15) is 46.7 Å². The first-order chi connectivity index (χ1) is 25.6. The van der Waals surface area contributed by atoms with Crippen LogP contribution >= 0.6 is 0 Å². The van der Waals surface area contributed by atoms with Gasteiger partial charge in [-0.2, -0.15) is 0 Å². The van der Waals surface area contributed by atoms with Crippen LogP contribution in [0.3, 0.4) is 0 Å². The summed E-state index contributed by atoms with van der Waals surface area (Å²) in [4.78, 5) is 47.7. The standard InChI is InChI=1S/C24H27NO5.C17H12O6/c1-2-3-4-5-6-13-25-23(27)16-29-19-11-12-20-22(14-19)30-15-21(24(20)28)17-7-9-18(26)10-8-17;18-11-3-1-10(2-4-11)14-8-23-15-7-12(22-9-16(19)20)5-6-13(15)17(14)21/h7-12,14-15,26H,2-6,13,16H2,1H3,(H,25,27);1-8,18H,9H2,(H,19,20). The van der Waals surface area contributed by atoms with Crippen molar-refractivity contribution in [3.8, 4) is 45.3 Å². The molecule has 0 unspecified atom stereocenters. The number of amides is 1. The van der Waals surface area contributed by atoms with Gasteiger partial charge in [-0.05, 0) is 66.1 Å². The van der Waals surface area contributed by atoms with Gasteiger partial charge in [0.25, 0.3) is 5.91 Å². The van der Waals surface area contributed by atoms with Crippen molar-refractivity contribution in [2.75, 3.05) is 19.8 Å². The molecule has 0 aliphatic rings. The van der Waals surface area contributed by atoms with E-state index in [0.29, 0.717) is 62.2 Å². The summed E-state index contributed by atoms with van der Waals surface area (Å²) in [5.74, 6) is -0.254. The van der Waals surface area contributed by atoms with Crippen LogP contribution in [0.5, 0.6) is 23.0 Å². The molecule has 4 N–H and O–H groups in total. The zero-order valence-electron chi connectivity index (χ0n) is 29.0. The Morgan fingerprint density at radius 3 is 1.58 bits per heavy atom. The monoisotopic (exact) mass is 721 g/mol. The van der Waals surface area contributed by atoms with Crippen molar-refractivity contribution in [2.45, 2.75) is 39.0 Å². The Hall–Kier alpha value is -6.56. The fourth-order valence-corrected chi connectivity index (χ4v) is 5.38. The highest BCUT2D eigenvalue weighted by molar-refractivity contribution is 5.84. The van der Waals surface area contributed by atoms with Gasteiger partial charge in [0, 0.05) is 18.7 Å². The number of aromatic hydroxyl groups is 2. The predicted octanol–water partition coefficient (Wildman–Crippen LogP) is 7.26. The van der Waals surface area contributed by atoms with E-state index < -0.39 is 12.6 Å². The first-order valence-corrected chi connectivity index (χ1v) is 17.1. The number of phenols is 2. The summed E-state index contributed by atoms with van der Waals surface area (Å²) in [6.45, 7) is 2.27. The van der Waals surface area contributed by atoms with Crippen LogP contribution < -0.4 is 25.6 Å². The fourth-order valence-electron chi connectivity index (χ4n) is 5.38. The molecule has 0 saturated carbocycles. The molecular weight excluding hydrogens is 682 g/mol. The normalized spacial score (nSPS) is 10.7. The van der Waals surface area contributed by atoms with E-state index in [9.17, 15) is 29.4 Å². The van der Waals surface area contributed by atoms with Crippen LogP contribution in [0.2, 0.25) is 0 Å². The molecule has 0 saturated heterocycles. The number of carboxylic acids is 1. The summed E-state index contributed by atoms with van der Waals surface area (Å²) in [6.07, 6.45) is 8.43. The van der Waals surface area contributed by atoms with Gasteiger partial charge in [-0.15, -0.1) is 0 Å². The lowest BCUT2D eigenvalue weighted by Crippen LogP contribution is -2.29. The zero-order chi connectivity index (χ0) is 37.7. The minimum Gasteiger partial charge on any atom is -0.508 e. The lowest BCUT2D eigenvalue weighted by molar-refractivity contribution is -0.139. The third-order valence-corrected chi connectivity index (χ3v) is 8.18. The van der Waals surface area contributed by atoms with Gasteiger partial charge in [0.15, 0.2) is 24.1 Å². The number of aliphatic carboxylic acids is 1. The zero-order valence-corrected chi connectivity index (χ0v) is 29.0. The average molecular weight is 722 g/mol. The van der Waals surface area contributed by atoms with Crippen LogP contribution in [-0.4, -0.2) is 47.0 Å². The van der Waals surface area contributed by atoms with Crippen molar-refractivity contribution in [3.63, 3.8) is 0 Å². The largest absolute Gasteiger partial charge is 0.508 e. The van der Waals surface area contributed by atoms with E-state index >= 15 is 0 Å². The Labute approximate surface area is 303 Å². The Morgan fingerprint density at radius 2 is 1.11 bits per heavy atom. The van der Waals surface area contributed by atoms with Crippen LogP contribution in [0.1, 0.15) is 39.0 Å². The molecule has 0 bridgehead atoms. The van der Waals surface area contributed by atoms with Crippen molar-refractivity contribution in [3.05, 3.63) is 118 Å². The van der Waals surface area contributed by atoms with Gasteiger partial charge in [-0.3, -0.25) is 14.4 Å². The molecule has 1 amide bonds. The van der Waals surface area contributed by atoms with E-state index in [2.05, 4.69) is 12.2 Å². The summed E-state index contributed by atoms with van der Waals surface area (Å²) in [5.41, 5.74) is 2.37. The van der Waals surface area contributed by atoms with E-state index in [4.69, 9.17) is 23.4 Å².